The maximum Gasteiger partial charge on any atom is 0.183 e. The third-order valence-electron chi connectivity index (χ3n) is 4.19. The molecule has 1 aromatic heterocycles. The lowest BCUT2D eigenvalue weighted by molar-refractivity contribution is 0.0966. The van der Waals surface area contributed by atoms with Gasteiger partial charge in [-0.25, -0.2) is 0 Å². The summed E-state index contributed by atoms with van der Waals surface area (Å²) < 4.78 is 10.8. The fourth-order valence-corrected chi connectivity index (χ4v) is 3.07. The summed E-state index contributed by atoms with van der Waals surface area (Å²) in [5.74, 6) is 2.08. The Balaban J connectivity index is 2.20. The Morgan fingerprint density at radius 2 is 2.20 bits per heavy atom. The van der Waals surface area contributed by atoms with Gasteiger partial charge in [0.2, 0.25) is 0 Å². The molecule has 2 heterocycles. The Morgan fingerprint density at radius 3 is 2.85 bits per heavy atom. The van der Waals surface area contributed by atoms with E-state index in [9.17, 15) is 0 Å². The molecule has 112 valence electrons. The molecule has 5 heteroatoms. The van der Waals surface area contributed by atoms with Gasteiger partial charge in [-0.3, -0.25) is 9.88 Å². The number of methoxy groups -OCH3 is 2. The average Bonchev–Trinajstić information content (AvgIpc) is 2.47. The quantitative estimate of drug-likeness (QED) is 0.888. The third kappa shape index (κ3) is 3.04. The molecule has 1 aliphatic heterocycles. The molecule has 1 saturated heterocycles. The molecular formula is C15H25N3O2. The summed E-state index contributed by atoms with van der Waals surface area (Å²) >= 11 is 0. The molecule has 0 radical (unpaired) electrons. The van der Waals surface area contributed by atoms with E-state index in [1.165, 1.54) is 12.8 Å². The number of aromatic nitrogens is 1. The lowest BCUT2D eigenvalue weighted by Crippen LogP contribution is -2.48. The number of hydrogen-bond donors (Lipinski definition) is 1. The van der Waals surface area contributed by atoms with Gasteiger partial charge in [0.1, 0.15) is 5.69 Å². The van der Waals surface area contributed by atoms with Crippen molar-refractivity contribution in [3.63, 3.8) is 0 Å². The van der Waals surface area contributed by atoms with Crippen LogP contribution in [-0.2, 0) is 6.54 Å². The summed E-state index contributed by atoms with van der Waals surface area (Å²) in [7, 11) is 3.30. The van der Waals surface area contributed by atoms with E-state index in [0.717, 1.165) is 30.3 Å². The summed E-state index contributed by atoms with van der Waals surface area (Å²) in [5, 5.41) is 0. The predicted octanol–water partition coefficient (Wildman–Crippen LogP) is 1.66. The number of nitrogens with zero attached hydrogens (tertiary/aromatic N) is 2. The van der Waals surface area contributed by atoms with Crippen LogP contribution >= 0.6 is 0 Å². The first-order valence-electron chi connectivity index (χ1n) is 7.21. The van der Waals surface area contributed by atoms with Crippen molar-refractivity contribution in [2.75, 3.05) is 27.3 Å². The minimum atomic E-state index is 0.418. The zero-order valence-electron chi connectivity index (χ0n) is 12.6. The third-order valence-corrected chi connectivity index (χ3v) is 4.19. The van der Waals surface area contributed by atoms with E-state index in [0.29, 0.717) is 18.5 Å². The van der Waals surface area contributed by atoms with Crippen LogP contribution in [-0.4, -0.2) is 43.2 Å². The highest BCUT2D eigenvalue weighted by Crippen LogP contribution is 2.32. The van der Waals surface area contributed by atoms with Crippen molar-refractivity contribution in [1.82, 2.24) is 9.88 Å². The summed E-state index contributed by atoms with van der Waals surface area (Å²) in [5.41, 5.74) is 6.86. The van der Waals surface area contributed by atoms with Crippen LogP contribution in [0.25, 0.3) is 0 Å². The molecule has 20 heavy (non-hydrogen) atoms. The zero-order chi connectivity index (χ0) is 14.5. The topological polar surface area (TPSA) is 60.6 Å². The number of piperidine rings is 1. The van der Waals surface area contributed by atoms with Crippen LogP contribution in [0.5, 0.6) is 11.5 Å². The van der Waals surface area contributed by atoms with Crippen LogP contribution in [0, 0.1) is 5.92 Å². The predicted molar refractivity (Wildman–Crippen MR) is 79.0 cm³/mol. The van der Waals surface area contributed by atoms with Crippen LogP contribution in [0.15, 0.2) is 12.3 Å². The number of hydrogen-bond acceptors (Lipinski definition) is 5. The minimum absolute atomic E-state index is 0.418. The molecule has 0 aromatic carbocycles. The molecule has 2 N–H and O–H groups in total. The van der Waals surface area contributed by atoms with Crippen LogP contribution in [0.2, 0.25) is 0 Å². The summed E-state index contributed by atoms with van der Waals surface area (Å²) in [6.07, 6.45) is 4.23. The highest BCUT2D eigenvalue weighted by Gasteiger charge is 2.28. The van der Waals surface area contributed by atoms with Crippen molar-refractivity contribution in [2.45, 2.75) is 32.4 Å². The molecule has 5 nitrogen and oxygen atoms in total. The second-order valence-electron chi connectivity index (χ2n) is 5.39. The molecule has 0 aliphatic carbocycles. The van der Waals surface area contributed by atoms with Gasteiger partial charge in [0.25, 0.3) is 0 Å². The van der Waals surface area contributed by atoms with Crippen LogP contribution < -0.4 is 15.2 Å². The number of likely N-dealkylation sites (tertiary alicyclic amines) is 1. The van der Waals surface area contributed by atoms with Gasteiger partial charge in [-0.1, -0.05) is 6.92 Å². The van der Waals surface area contributed by atoms with Crippen LogP contribution in [0.3, 0.4) is 0 Å². The van der Waals surface area contributed by atoms with Crippen molar-refractivity contribution in [2.24, 2.45) is 11.7 Å². The fourth-order valence-electron chi connectivity index (χ4n) is 3.07. The van der Waals surface area contributed by atoms with Gasteiger partial charge in [-0.05, 0) is 25.3 Å². The van der Waals surface area contributed by atoms with E-state index < -0.39 is 0 Å². The number of pyridine rings is 1. The first kappa shape index (κ1) is 15.1. The molecule has 0 amide bonds. The molecule has 2 rings (SSSR count). The van der Waals surface area contributed by atoms with Crippen molar-refractivity contribution >= 4 is 0 Å². The van der Waals surface area contributed by atoms with Crippen molar-refractivity contribution in [3.8, 4) is 11.5 Å². The maximum atomic E-state index is 5.95. The zero-order valence-corrected chi connectivity index (χ0v) is 12.6. The van der Waals surface area contributed by atoms with Crippen molar-refractivity contribution in [3.05, 3.63) is 18.0 Å². The normalized spacial score (nSPS) is 23.6. The largest absolute Gasteiger partial charge is 0.493 e. The summed E-state index contributed by atoms with van der Waals surface area (Å²) in [6, 6.07) is 2.24. The molecule has 0 spiro atoms. The number of rotatable bonds is 5. The molecule has 1 aliphatic rings. The van der Waals surface area contributed by atoms with Gasteiger partial charge in [0.05, 0.1) is 14.2 Å². The number of nitrogens with two attached hydrogens (primary N) is 1. The fraction of sp³-hybridized carbons (Fsp3) is 0.667. The Kier molecular flexibility index (Phi) is 5.20. The van der Waals surface area contributed by atoms with Crippen LogP contribution in [0.4, 0.5) is 0 Å². The second kappa shape index (κ2) is 6.90. The average molecular weight is 279 g/mol. The van der Waals surface area contributed by atoms with Gasteiger partial charge in [0, 0.05) is 31.4 Å². The Bertz CT molecular complexity index is 439. The lowest BCUT2D eigenvalue weighted by atomic mass is 9.90. The highest BCUT2D eigenvalue weighted by molar-refractivity contribution is 5.42. The van der Waals surface area contributed by atoms with E-state index in [4.69, 9.17) is 15.2 Å². The van der Waals surface area contributed by atoms with Crippen LogP contribution in [0.1, 0.15) is 25.5 Å². The maximum absolute atomic E-state index is 5.95. The first-order chi connectivity index (χ1) is 9.71. The monoisotopic (exact) mass is 279 g/mol. The van der Waals surface area contributed by atoms with E-state index in [2.05, 4.69) is 16.8 Å². The molecule has 0 saturated carbocycles. The van der Waals surface area contributed by atoms with Crippen molar-refractivity contribution in [1.29, 1.82) is 0 Å². The summed E-state index contributed by atoms with van der Waals surface area (Å²) in [6.45, 7) is 4.79. The van der Waals surface area contributed by atoms with Gasteiger partial charge < -0.3 is 15.2 Å². The molecule has 2 atom stereocenters. The Hall–Kier alpha value is -1.33. The van der Waals surface area contributed by atoms with Gasteiger partial charge in [-0.15, -0.1) is 0 Å². The molecular weight excluding hydrogens is 254 g/mol. The first-order valence-corrected chi connectivity index (χ1v) is 7.21. The molecule has 0 bridgehead atoms. The molecule has 1 aromatic rings. The Labute approximate surface area is 121 Å². The van der Waals surface area contributed by atoms with E-state index in [1.54, 1.807) is 20.4 Å². The number of ether oxygens (including phenoxy) is 2. The van der Waals surface area contributed by atoms with E-state index in [1.807, 2.05) is 6.07 Å². The van der Waals surface area contributed by atoms with Crippen molar-refractivity contribution < 1.29 is 9.47 Å². The standard InChI is InChI=1S/C15H25N3O2/c1-11-5-4-8-18(13(11)9-16)10-12-15(20-3)14(19-2)6-7-17-12/h6-7,11,13H,4-5,8-10,16H2,1-3H3. The lowest BCUT2D eigenvalue weighted by Gasteiger charge is -2.39. The van der Waals surface area contributed by atoms with Gasteiger partial charge in [-0.2, -0.15) is 0 Å². The van der Waals surface area contributed by atoms with E-state index >= 15 is 0 Å². The molecule has 2 unspecified atom stereocenters. The Morgan fingerprint density at radius 1 is 1.40 bits per heavy atom. The van der Waals surface area contributed by atoms with E-state index in [-0.39, 0.29) is 0 Å². The SMILES string of the molecule is COc1ccnc(CN2CCCC(C)C2CN)c1OC. The molecule has 1 fully saturated rings. The summed E-state index contributed by atoms with van der Waals surface area (Å²) in [4.78, 5) is 6.87. The minimum Gasteiger partial charge on any atom is -0.493 e. The van der Waals surface area contributed by atoms with Gasteiger partial charge in [0.15, 0.2) is 11.5 Å². The van der Waals surface area contributed by atoms with Gasteiger partial charge >= 0.3 is 0 Å². The smallest absolute Gasteiger partial charge is 0.183 e. The second-order valence-corrected chi connectivity index (χ2v) is 5.39. The highest BCUT2D eigenvalue weighted by atomic mass is 16.5.